The number of aromatic nitrogens is 1. The molecule has 3 rings (SSSR count). The summed E-state index contributed by atoms with van der Waals surface area (Å²) in [4.78, 5) is 2.36. The maximum Gasteiger partial charge on any atom is 0.406 e. The van der Waals surface area contributed by atoms with Gasteiger partial charge in [-0.2, -0.15) is 13.2 Å². The van der Waals surface area contributed by atoms with Gasteiger partial charge in [0.2, 0.25) is 0 Å². The third kappa shape index (κ3) is 5.33. The van der Waals surface area contributed by atoms with E-state index in [0.717, 1.165) is 49.9 Å². The molecule has 156 valence electrons. The van der Waals surface area contributed by atoms with Crippen molar-refractivity contribution in [2.45, 2.75) is 50.5 Å². The first-order chi connectivity index (χ1) is 13.3. The van der Waals surface area contributed by atoms with Gasteiger partial charge in [-0.15, -0.1) is 0 Å². The van der Waals surface area contributed by atoms with E-state index in [4.69, 9.17) is 4.74 Å². The largest absolute Gasteiger partial charge is 0.406 e. The van der Waals surface area contributed by atoms with Crippen LogP contribution in [-0.2, 0) is 11.3 Å². The highest BCUT2D eigenvalue weighted by atomic mass is 127. The summed E-state index contributed by atoms with van der Waals surface area (Å²) in [6.45, 7) is 0.713. The number of ether oxygens (including phenoxy) is 1. The van der Waals surface area contributed by atoms with E-state index in [9.17, 15) is 13.2 Å². The molecule has 28 heavy (non-hydrogen) atoms. The van der Waals surface area contributed by atoms with Gasteiger partial charge in [-0.3, -0.25) is 0 Å². The minimum absolute atomic E-state index is 0.348. The molecule has 1 fully saturated rings. The SMILES string of the molecule is COCCN(C)[C@H]1CC[C@@H](Nc2cccc3c2cc(I)n3CC(F)(F)F)CC1. The molecule has 0 saturated heterocycles. The number of benzene rings is 1. The van der Waals surface area contributed by atoms with Gasteiger partial charge in [0.05, 0.1) is 15.8 Å². The standard InChI is InChI=1S/C20H27F3IN3O/c1-26(10-11-28-2)15-8-6-14(7-9-15)25-17-4-3-5-18-16(17)12-19(24)27(18)13-20(21,22)23/h3-5,12,14-15,25H,6-11,13H2,1-2H3/t14-,15+. The first-order valence-electron chi connectivity index (χ1n) is 9.58. The van der Waals surface area contributed by atoms with Gasteiger partial charge >= 0.3 is 6.18 Å². The first-order valence-corrected chi connectivity index (χ1v) is 10.7. The zero-order valence-electron chi connectivity index (χ0n) is 16.2. The minimum Gasteiger partial charge on any atom is -0.383 e. The fraction of sp³-hybridized carbons (Fsp3) is 0.600. The van der Waals surface area contributed by atoms with Gasteiger partial charge in [-0.1, -0.05) is 6.07 Å². The average molecular weight is 509 g/mol. The number of nitrogens with zero attached hydrogens (tertiary/aromatic N) is 2. The van der Waals surface area contributed by atoms with Gasteiger partial charge in [0, 0.05) is 36.8 Å². The Balaban J connectivity index is 1.68. The summed E-state index contributed by atoms with van der Waals surface area (Å²) >= 11 is 1.98. The Morgan fingerprint density at radius 2 is 1.96 bits per heavy atom. The molecule has 1 N–H and O–H groups in total. The van der Waals surface area contributed by atoms with E-state index in [-0.39, 0.29) is 0 Å². The topological polar surface area (TPSA) is 29.4 Å². The van der Waals surface area contributed by atoms with Crippen LogP contribution in [0.25, 0.3) is 10.9 Å². The monoisotopic (exact) mass is 509 g/mol. The van der Waals surface area contributed by atoms with Gasteiger partial charge in [0.15, 0.2) is 0 Å². The van der Waals surface area contributed by atoms with Gasteiger partial charge in [-0.25, -0.2) is 0 Å². The third-order valence-corrected chi connectivity index (χ3v) is 6.45. The highest BCUT2D eigenvalue weighted by Crippen LogP contribution is 2.33. The molecular formula is C20H27F3IN3O. The molecule has 0 unspecified atom stereocenters. The summed E-state index contributed by atoms with van der Waals surface area (Å²) in [6, 6.07) is 8.31. The second kappa shape index (κ2) is 9.21. The van der Waals surface area contributed by atoms with E-state index in [2.05, 4.69) is 17.3 Å². The van der Waals surface area contributed by atoms with Crippen molar-refractivity contribution in [1.29, 1.82) is 0 Å². The number of rotatable bonds is 7. The van der Waals surface area contributed by atoms with Gasteiger partial charge in [0.25, 0.3) is 0 Å². The van der Waals surface area contributed by atoms with E-state index < -0.39 is 12.7 Å². The van der Waals surface area contributed by atoms with Gasteiger partial charge in [0.1, 0.15) is 6.54 Å². The Bertz CT molecular complexity index is 785. The molecule has 1 aliphatic carbocycles. The lowest BCUT2D eigenvalue weighted by Crippen LogP contribution is -2.39. The highest BCUT2D eigenvalue weighted by molar-refractivity contribution is 14.1. The fourth-order valence-electron chi connectivity index (χ4n) is 4.02. The summed E-state index contributed by atoms with van der Waals surface area (Å²) in [6.07, 6.45) is 0.0982. The molecule has 8 heteroatoms. The number of methoxy groups -OCH3 is 1. The molecule has 1 heterocycles. The zero-order valence-corrected chi connectivity index (χ0v) is 18.4. The number of alkyl halides is 3. The molecule has 1 saturated carbocycles. The van der Waals surface area contributed by atoms with Crippen molar-refractivity contribution in [3.8, 4) is 0 Å². The molecule has 0 aliphatic heterocycles. The third-order valence-electron chi connectivity index (χ3n) is 5.56. The summed E-state index contributed by atoms with van der Waals surface area (Å²) < 4.78 is 45.9. The molecule has 1 aliphatic rings. The first kappa shape index (κ1) is 21.7. The number of hydrogen-bond donors (Lipinski definition) is 1. The Kier molecular flexibility index (Phi) is 7.14. The normalized spacial score (nSPS) is 20.8. The van der Waals surface area contributed by atoms with Crippen LogP contribution in [-0.4, -0.2) is 55.0 Å². The van der Waals surface area contributed by atoms with Crippen molar-refractivity contribution in [2.24, 2.45) is 0 Å². The summed E-state index contributed by atoms with van der Waals surface area (Å²) in [5.74, 6) is 0. The predicted octanol–water partition coefficient (Wildman–Crippen LogP) is 5.11. The average Bonchev–Trinajstić information content (AvgIpc) is 2.95. The zero-order chi connectivity index (χ0) is 20.3. The van der Waals surface area contributed by atoms with Crippen molar-refractivity contribution < 1.29 is 17.9 Å². The number of halogens is 4. The van der Waals surface area contributed by atoms with Crippen molar-refractivity contribution in [2.75, 3.05) is 32.6 Å². The Morgan fingerprint density at radius 1 is 1.25 bits per heavy atom. The van der Waals surface area contributed by atoms with Crippen LogP contribution in [0.2, 0.25) is 0 Å². The summed E-state index contributed by atoms with van der Waals surface area (Å²) in [5, 5.41) is 4.45. The van der Waals surface area contributed by atoms with Crippen LogP contribution in [0.1, 0.15) is 25.7 Å². The lowest BCUT2D eigenvalue weighted by atomic mass is 9.90. The van der Waals surface area contributed by atoms with Crippen molar-refractivity contribution in [1.82, 2.24) is 9.47 Å². The van der Waals surface area contributed by atoms with E-state index in [1.807, 2.05) is 40.8 Å². The molecule has 0 amide bonds. The van der Waals surface area contributed by atoms with Crippen LogP contribution >= 0.6 is 22.6 Å². The van der Waals surface area contributed by atoms with E-state index in [1.54, 1.807) is 13.2 Å². The number of fused-ring (bicyclic) bond motifs is 1. The second-order valence-corrected chi connectivity index (χ2v) is 8.64. The maximum atomic E-state index is 12.9. The Labute approximate surface area is 177 Å². The van der Waals surface area contributed by atoms with Crippen LogP contribution in [0.5, 0.6) is 0 Å². The number of hydrogen-bond acceptors (Lipinski definition) is 3. The molecule has 1 aromatic carbocycles. The molecule has 2 aromatic rings. The Hall–Kier alpha value is -1.00. The van der Waals surface area contributed by atoms with Gasteiger partial charge in [-0.05, 0) is 73.5 Å². The quantitative estimate of drug-likeness (QED) is 0.527. The van der Waals surface area contributed by atoms with Crippen molar-refractivity contribution in [3.63, 3.8) is 0 Å². The van der Waals surface area contributed by atoms with Gasteiger partial charge < -0.3 is 19.5 Å². The second-order valence-electron chi connectivity index (χ2n) is 7.53. The predicted molar refractivity (Wildman–Crippen MR) is 115 cm³/mol. The highest BCUT2D eigenvalue weighted by Gasteiger charge is 2.30. The van der Waals surface area contributed by atoms with Crippen molar-refractivity contribution in [3.05, 3.63) is 28.0 Å². The van der Waals surface area contributed by atoms with E-state index in [0.29, 0.717) is 21.3 Å². The molecule has 0 radical (unpaired) electrons. The molecule has 4 nitrogen and oxygen atoms in total. The van der Waals surface area contributed by atoms with E-state index in [1.165, 1.54) is 4.57 Å². The smallest absolute Gasteiger partial charge is 0.383 e. The Morgan fingerprint density at radius 3 is 2.61 bits per heavy atom. The summed E-state index contributed by atoms with van der Waals surface area (Å²) in [7, 11) is 3.86. The molecule has 0 bridgehead atoms. The van der Waals surface area contributed by atoms with Crippen LogP contribution < -0.4 is 5.32 Å². The van der Waals surface area contributed by atoms with E-state index >= 15 is 0 Å². The molecule has 0 spiro atoms. The van der Waals surface area contributed by atoms with Crippen LogP contribution in [0.15, 0.2) is 24.3 Å². The number of likely N-dealkylation sites (N-methyl/N-ethyl adjacent to an activating group) is 1. The molecule has 0 atom stereocenters. The van der Waals surface area contributed by atoms with Crippen molar-refractivity contribution >= 4 is 39.2 Å². The molecular weight excluding hydrogens is 482 g/mol. The molecule has 1 aromatic heterocycles. The van der Waals surface area contributed by atoms with Crippen LogP contribution in [0.3, 0.4) is 0 Å². The lowest BCUT2D eigenvalue weighted by molar-refractivity contribution is -0.140. The number of anilines is 1. The summed E-state index contributed by atoms with van der Waals surface area (Å²) in [5.41, 5.74) is 1.55. The minimum atomic E-state index is -4.23. The fourth-order valence-corrected chi connectivity index (χ4v) is 4.76. The van der Waals surface area contributed by atoms with Crippen LogP contribution in [0.4, 0.5) is 18.9 Å². The lowest BCUT2D eigenvalue weighted by Gasteiger charge is -2.35. The maximum absolute atomic E-state index is 12.9. The number of nitrogens with one attached hydrogen (secondary N) is 1. The van der Waals surface area contributed by atoms with Crippen LogP contribution in [0, 0.1) is 3.70 Å².